The van der Waals surface area contributed by atoms with E-state index in [1.165, 1.54) is 11.0 Å². The number of imidazole rings is 1. The smallest absolute Gasteiger partial charge is 0.244 e. The average molecular weight is 332 g/mol. The van der Waals surface area contributed by atoms with Crippen molar-refractivity contribution in [1.82, 2.24) is 39.6 Å². The molecule has 0 aliphatic carbocycles. The molecule has 0 bridgehead atoms. The highest BCUT2D eigenvalue weighted by atomic mass is 16.2. The first-order valence-corrected chi connectivity index (χ1v) is 8.28. The lowest BCUT2D eigenvalue weighted by Crippen LogP contribution is -2.41. The molecule has 1 atom stereocenters. The van der Waals surface area contributed by atoms with E-state index in [4.69, 9.17) is 0 Å². The molecule has 0 N–H and O–H groups in total. The summed E-state index contributed by atoms with van der Waals surface area (Å²) in [5.41, 5.74) is 0. The largest absolute Gasteiger partial charge is 0.340 e. The maximum atomic E-state index is 12.5. The zero-order valence-electron chi connectivity index (χ0n) is 14.2. The van der Waals surface area contributed by atoms with E-state index in [2.05, 4.69) is 44.1 Å². The van der Waals surface area contributed by atoms with Crippen molar-refractivity contribution in [3.8, 4) is 0 Å². The maximum Gasteiger partial charge on any atom is 0.244 e. The van der Waals surface area contributed by atoms with Crippen molar-refractivity contribution in [3.05, 3.63) is 24.5 Å². The number of carbonyl (C=O) groups excluding carboxylic acids is 1. The van der Waals surface area contributed by atoms with Crippen molar-refractivity contribution in [1.29, 1.82) is 0 Å². The Balaban J connectivity index is 1.63. The molecule has 0 saturated carbocycles. The summed E-state index contributed by atoms with van der Waals surface area (Å²) in [6.07, 6.45) is 7.40. The summed E-state index contributed by atoms with van der Waals surface area (Å²) >= 11 is 0. The molecule has 0 spiro atoms. The predicted molar refractivity (Wildman–Crippen MR) is 87.2 cm³/mol. The van der Waals surface area contributed by atoms with E-state index in [9.17, 15) is 4.79 Å². The third kappa shape index (κ3) is 3.97. The summed E-state index contributed by atoms with van der Waals surface area (Å²) in [6.45, 7) is 3.57. The first-order valence-electron chi connectivity index (χ1n) is 8.28. The fourth-order valence-corrected chi connectivity index (χ4v) is 3.08. The quantitative estimate of drug-likeness (QED) is 0.731. The van der Waals surface area contributed by atoms with Gasteiger partial charge in [-0.15, -0.1) is 5.10 Å². The van der Waals surface area contributed by atoms with Crippen molar-refractivity contribution < 1.29 is 4.79 Å². The number of amides is 1. The van der Waals surface area contributed by atoms with Crippen molar-refractivity contribution in [3.63, 3.8) is 0 Å². The molecule has 1 fully saturated rings. The van der Waals surface area contributed by atoms with Crippen LogP contribution in [0.2, 0.25) is 0 Å². The van der Waals surface area contributed by atoms with Crippen molar-refractivity contribution in [2.24, 2.45) is 0 Å². The van der Waals surface area contributed by atoms with Gasteiger partial charge in [0.05, 0.1) is 0 Å². The van der Waals surface area contributed by atoms with Gasteiger partial charge in [-0.25, -0.2) is 9.67 Å². The highest BCUT2D eigenvalue weighted by Gasteiger charge is 2.27. The topological polar surface area (TPSA) is 85.0 Å². The molecule has 9 heteroatoms. The molecule has 9 nitrogen and oxygen atoms in total. The van der Waals surface area contributed by atoms with Crippen LogP contribution >= 0.6 is 0 Å². The number of hydrogen-bond donors (Lipinski definition) is 0. The maximum absolute atomic E-state index is 12.5. The zero-order chi connectivity index (χ0) is 16.9. The summed E-state index contributed by atoms with van der Waals surface area (Å²) in [7, 11) is 4.13. The van der Waals surface area contributed by atoms with E-state index in [1.54, 1.807) is 0 Å². The summed E-state index contributed by atoms with van der Waals surface area (Å²) < 4.78 is 3.67. The van der Waals surface area contributed by atoms with Gasteiger partial charge < -0.3 is 14.4 Å². The Morgan fingerprint density at radius 2 is 2.29 bits per heavy atom. The zero-order valence-corrected chi connectivity index (χ0v) is 14.2. The van der Waals surface area contributed by atoms with Gasteiger partial charge in [-0.3, -0.25) is 4.79 Å². The molecule has 1 saturated heterocycles. The fourth-order valence-electron chi connectivity index (χ4n) is 3.08. The monoisotopic (exact) mass is 332 g/mol. The highest BCUT2D eigenvalue weighted by Crippen LogP contribution is 2.26. The van der Waals surface area contributed by atoms with Gasteiger partial charge in [-0.05, 0) is 37.4 Å². The third-order valence-electron chi connectivity index (χ3n) is 4.36. The molecule has 2 aromatic rings. The number of piperidine rings is 1. The molecule has 1 amide bonds. The third-order valence-corrected chi connectivity index (χ3v) is 4.36. The van der Waals surface area contributed by atoms with Gasteiger partial charge in [-0.1, -0.05) is 0 Å². The van der Waals surface area contributed by atoms with Crippen molar-refractivity contribution in [2.75, 3.05) is 33.7 Å². The number of nitrogens with zero attached hydrogens (tertiary/aromatic N) is 8. The van der Waals surface area contributed by atoms with Gasteiger partial charge in [0.2, 0.25) is 5.91 Å². The van der Waals surface area contributed by atoms with E-state index >= 15 is 0 Å². The van der Waals surface area contributed by atoms with Crippen LogP contribution < -0.4 is 0 Å². The molecule has 3 rings (SSSR count). The van der Waals surface area contributed by atoms with Gasteiger partial charge in [0.1, 0.15) is 18.7 Å². The van der Waals surface area contributed by atoms with Crippen LogP contribution in [0, 0.1) is 0 Å². The average Bonchev–Trinajstić information content (AvgIpc) is 3.24. The van der Waals surface area contributed by atoms with E-state index < -0.39 is 0 Å². The molecule has 24 heavy (non-hydrogen) atoms. The lowest BCUT2D eigenvalue weighted by Gasteiger charge is -2.32. The molecule has 2 aromatic heterocycles. The molecule has 0 aromatic carbocycles. The van der Waals surface area contributed by atoms with Crippen LogP contribution in [0.3, 0.4) is 0 Å². The predicted octanol–water partition coefficient (Wildman–Crippen LogP) is -0.163. The SMILES string of the molecule is CN(C)CCn1ccnc1[C@@H]1CCCN(C(=O)Cn2cnnn2)C1. The van der Waals surface area contributed by atoms with E-state index in [0.29, 0.717) is 6.54 Å². The second kappa shape index (κ2) is 7.52. The standard InChI is InChI=1S/C15H24N8O/c1-20(2)8-9-21-7-5-16-15(21)13-4-3-6-22(10-13)14(24)11-23-12-17-18-19-23/h5,7,12-13H,3-4,6,8-11H2,1-2H3/t13-/m1/s1. The number of likely N-dealkylation sites (tertiary alicyclic amines) is 1. The minimum Gasteiger partial charge on any atom is -0.340 e. The minimum atomic E-state index is 0.0541. The second-order valence-corrected chi connectivity index (χ2v) is 6.47. The Labute approximate surface area is 141 Å². The number of aromatic nitrogens is 6. The van der Waals surface area contributed by atoms with E-state index in [1.807, 2.05) is 17.3 Å². The van der Waals surface area contributed by atoms with Crippen LogP contribution in [0.15, 0.2) is 18.7 Å². The van der Waals surface area contributed by atoms with E-state index in [-0.39, 0.29) is 18.4 Å². The number of tetrazole rings is 1. The first-order chi connectivity index (χ1) is 11.6. The highest BCUT2D eigenvalue weighted by molar-refractivity contribution is 5.76. The van der Waals surface area contributed by atoms with Crippen molar-refractivity contribution >= 4 is 5.91 Å². The molecular weight excluding hydrogens is 308 g/mol. The van der Waals surface area contributed by atoms with Gasteiger partial charge in [0.15, 0.2) is 0 Å². The second-order valence-electron chi connectivity index (χ2n) is 6.47. The molecule has 0 radical (unpaired) electrons. The lowest BCUT2D eigenvalue weighted by atomic mass is 9.97. The van der Waals surface area contributed by atoms with Gasteiger partial charge in [0, 0.05) is 44.5 Å². The summed E-state index contributed by atoms with van der Waals surface area (Å²) in [6, 6.07) is 0. The Morgan fingerprint density at radius 3 is 3.04 bits per heavy atom. The van der Waals surface area contributed by atoms with Crippen molar-refractivity contribution in [2.45, 2.75) is 31.8 Å². The van der Waals surface area contributed by atoms with Gasteiger partial charge in [-0.2, -0.15) is 0 Å². The molecular formula is C15H24N8O. The molecule has 3 heterocycles. The molecule has 0 unspecified atom stereocenters. The normalized spacial score (nSPS) is 18.3. The number of likely N-dealkylation sites (N-methyl/N-ethyl adjacent to an activating group) is 1. The summed E-state index contributed by atoms with van der Waals surface area (Å²) in [4.78, 5) is 21.1. The Kier molecular flexibility index (Phi) is 5.19. The summed E-state index contributed by atoms with van der Waals surface area (Å²) in [5.74, 6) is 1.42. The fraction of sp³-hybridized carbons (Fsp3) is 0.667. The van der Waals surface area contributed by atoms with Crippen LogP contribution in [-0.2, 0) is 17.9 Å². The molecule has 1 aliphatic heterocycles. The van der Waals surface area contributed by atoms with Gasteiger partial charge >= 0.3 is 0 Å². The molecule has 130 valence electrons. The van der Waals surface area contributed by atoms with Crippen LogP contribution in [0.4, 0.5) is 0 Å². The molecule has 1 aliphatic rings. The summed E-state index contributed by atoms with van der Waals surface area (Å²) in [5, 5.41) is 10.9. The van der Waals surface area contributed by atoms with Crippen LogP contribution in [0.1, 0.15) is 24.6 Å². The Morgan fingerprint density at radius 1 is 1.42 bits per heavy atom. The number of hydrogen-bond acceptors (Lipinski definition) is 6. The van der Waals surface area contributed by atoms with E-state index in [0.717, 1.165) is 38.3 Å². The lowest BCUT2D eigenvalue weighted by molar-refractivity contribution is -0.133. The Bertz CT molecular complexity index is 650. The van der Waals surface area contributed by atoms with Crippen LogP contribution in [0.5, 0.6) is 0 Å². The van der Waals surface area contributed by atoms with Crippen LogP contribution in [-0.4, -0.2) is 79.2 Å². The van der Waals surface area contributed by atoms with Crippen LogP contribution in [0.25, 0.3) is 0 Å². The minimum absolute atomic E-state index is 0.0541. The number of rotatable bonds is 6. The number of carbonyl (C=O) groups is 1. The Hall–Kier alpha value is -2.29. The first kappa shape index (κ1) is 16.6. The van der Waals surface area contributed by atoms with Gasteiger partial charge in [0.25, 0.3) is 0 Å².